The fourth-order valence-electron chi connectivity index (χ4n) is 8.25. The van der Waals surface area contributed by atoms with Crippen molar-refractivity contribution in [3.05, 3.63) is 182 Å². The molecule has 9 aromatic carbocycles. The van der Waals surface area contributed by atoms with Gasteiger partial charge in [-0.1, -0.05) is 146 Å². The van der Waals surface area contributed by atoms with Crippen molar-refractivity contribution in [2.75, 3.05) is 0 Å². The summed E-state index contributed by atoms with van der Waals surface area (Å²) in [5.41, 5.74) is 8.89. The molecule has 0 aliphatic carbocycles. The summed E-state index contributed by atoms with van der Waals surface area (Å²) in [6, 6.07) is 62.5. The lowest BCUT2D eigenvalue weighted by atomic mass is 10.00. The molecule has 12 aromatic rings. The Morgan fingerprint density at radius 2 is 0.914 bits per heavy atom. The lowest BCUT2D eigenvalue weighted by Gasteiger charge is -2.10. The Balaban J connectivity index is 1.01. The van der Waals surface area contributed by atoms with Crippen molar-refractivity contribution in [1.82, 2.24) is 19.9 Å². The van der Waals surface area contributed by atoms with Gasteiger partial charge < -0.3 is 8.83 Å². The van der Waals surface area contributed by atoms with E-state index in [4.69, 9.17) is 28.8 Å². The van der Waals surface area contributed by atoms with E-state index in [2.05, 4.69) is 115 Å². The van der Waals surface area contributed by atoms with Gasteiger partial charge in [0.15, 0.2) is 23.1 Å². The zero-order chi connectivity index (χ0) is 38.2. The molecule has 0 unspecified atom stereocenters. The number of hydrogen-bond acceptors (Lipinski definition) is 6. The van der Waals surface area contributed by atoms with Gasteiger partial charge in [0.2, 0.25) is 5.89 Å². The maximum absolute atomic E-state index is 6.69. The molecule has 0 saturated carbocycles. The van der Waals surface area contributed by atoms with Gasteiger partial charge in [-0.15, -0.1) is 0 Å². The lowest BCUT2D eigenvalue weighted by Crippen LogP contribution is -2.00. The van der Waals surface area contributed by atoms with Gasteiger partial charge in [0.1, 0.15) is 16.7 Å². The molecule has 0 aliphatic rings. The van der Waals surface area contributed by atoms with Gasteiger partial charge in [-0.25, -0.2) is 19.9 Å². The van der Waals surface area contributed by atoms with Crippen molar-refractivity contribution >= 4 is 65.4 Å². The molecular weight excluding hydrogens is 713 g/mol. The zero-order valence-corrected chi connectivity index (χ0v) is 30.9. The maximum atomic E-state index is 6.69. The molecule has 6 heteroatoms. The minimum absolute atomic E-state index is 0.575. The highest BCUT2D eigenvalue weighted by molar-refractivity contribution is 6.25. The topological polar surface area (TPSA) is 77.8 Å². The van der Waals surface area contributed by atoms with E-state index < -0.39 is 0 Å². The Morgan fingerprint density at radius 3 is 1.76 bits per heavy atom. The third kappa shape index (κ3) is 5.27. The van der Waals surface area contributed by atoms with Gasteiger partial charge in [-0.05, 0) is 79.8 Å². The van der Waals surface area contributed by atoms with Crippen molar-refractivity contribution in [3.63, 3.8) is 0 Å². The summed E-state index contributed by atoms with van der Waals surface area (Å²) >= 11 is 0. The molecule has 0 fully saturated rings. The Morgan fingerprint density at radius 1 is 0.328 bits per heavy atom. The number of benzene rings is 9. The number of aromatic nitrogens is 4. The van der Waals surface area contributed by atoms with E-state index in [1.54, 1.807) is 0 Å². The normalized spacial score (nSPS) is 11.8. The third-order valence-corrected chi connectivity index (χ3v) is 11.1. The fourth-order valence-corrected chi connectivity index (χ4v) is 8.25. The molecule has 0 N–H and O–H groups in total. The summed E-state index contributed by atoms with van der Waals surface area (Å²) in [4.78, 5) is 20.2. The molecule has 3 aromatic heterocycles. The summed E-state index contributed by atoms with van der Waals surface area (Å²) < 4.78 is 13.2. The third-order valence-electron chi connectivity index (χ3n) is 11.1. The van der Waals surface area contributed by atoms with Crippen LogP contribution >= 0.6 is 0 Å². The second-order valence-electron chi connectivity index (χ2n) is 14.6. The molecule has 0 radical (unpaired) electrons. The minimum atomic E-state index is 0.575. The first-order valence-electron chi connectivity index (χ1n) is 19.3. The van der Waals surface area contributed by atoms with E-state index in [-0.39, 0.29) is 0 Å². The lowest BCUT2D eigenvalue weighted by molar-refractivity contribution is 0.623. The van der Waals surface area contributed by atoms with Crippen LogP contribution in [0.5, 0.6) is 0 Å². The van der Waals surface area contributed by atoms with Crippen LogP contribution < -0.4 is 0 Å². The van der Waals surface area contributed by atoms with E-state index in [0.717, 1.165) is 82.4 Å². The van der Waals surface area contributed by atoms with Crippen molar-refractivity contribution in [3.8, 4) is 56.7 Å². The van der Waals surface area contributed by atoms with Crippen LogP contribution in [0.25, 0.3) is 122 Å². The summed E-state index contributed by atoms with van der Waals surface area (Å²) in [7, 11) is 0. The molecule has 0 bridgehead atoms. The quantitative estimate of drug-likeness (QED) is 0.175. The predicted octanol–water partition coefficient (Wildman–Crippen LogP) is 13.7. The highest BCUT2D eigenvalue weighted by Crippen LogP contribution is 2.42. The number of oxazole rings is 1. The highest BCUT2D eigenvalue weighted by Gasteiger charge is 2.20. The van der Waals surface area contributed by atoms with E-state index in [9.17, 15) is 0 Å². The number of fused-ring (bicyclic) bond motifs is 9. The van der Waals surface area contributed by atoms with Crippen molar-refractivity contribution < 1.29 is 8.83 Å². The Hall–Kier alpha value is -7.96. The van der Waals surface area contributed by atoms with E-state index in [1.165, 1.54) is 10.8 Å². The molecule has 3 heterocycles. The largest absolute Gasteiger partial charge is 0.456 e. The molecule has 270 valence electrons. The first-order valence-corrected chi connectivity index (χ1v) is 19.3. The van der Waals surface area contributed by atoms with Crippen LogP contribution in [-0.2, 0) is 0 Å². The molecule has 6 nitrogen and oxygen atoms in total. The number of rotatable bonds is 5. The van der Waals surface area contributed by atoms with Gasteiger partial charge in [0.25, 0.3) is 0 Å². The number of hydrogen-bond donors (Lipinski definition) is 0. The number of nitrogens with zero attached hydrogens (tertiary/aromatic N) is 4. The molecule has 0 amide bonds. The number of furan rings is 1. The highest BCUT2D eigenvalue weighted by atomic mass is 16.4. The Bertz CT molecular complexity index is 3560. The van der Waals surface area contributed by atoms with Crippen molar-refractivity contribution in [2.24, 2.45) is 0 Å². The van der Waals surface area contributed by atoms with Crippen LogP contribution in [0, 0.1) is 0 Å². The van der Waals surface area contributed by atoms with Crippen LogP contribution in [0.3, 0.4) is 0 Å². The van der Waals surface area contributed by atoms with Gasteiger partial charge in [0.05, 0.1) is 5.39 Å². The molecular formula is C52H30N4O2. The molecule has 58 heavy (non-hydrogen) atoms. The molecule has 0 aliphatic heterocycles. The Kier molecular flexibility index (Phi) is 7.13. The Labute approximate surface area is 331 Å². The SMILES string of the molecule is c1ccc(-c2nc(-c3ccc(-c4ccc5ccccc5c4)cc3)nc(-c3ccc4ccc5oc6ccc7nc(-c8cccc9ccccc89)oc7c6c5c4c3)n2)cc1. The average molecular weight is 743 g/mol. The van der Waals surface area contributed by atoms with E-state index in [0.29, 0.717) is 28.9 Å². The van der Waals surface area contributed by atoms with E-state index >= 15 is 0 Å². The fraction of sp³-hybridized carbons (Fsp3) is 0. The standard InChI is InChI=1S/C52H30N4O2/c1-2-11-35(12-3-1)49-54-50(36-21-17-32(18-22-36)38-23-19-31-9-4-5-13-37(31)29-38)56-51(55-49)39-24-20-34-25-27-44-46(42(34)30-39)47-45(57-44)28-26-43-48(47)58-52(53-43)41-16-8-14-33-10-6-7-15-40(33)41/h1-30H. The van der Waals surface area contributed by atoms with Crippen molar-refractivity contribution in [1.29, 1.82) is 0 Å². The monoisotopic (exact) mass is 742 g/mol. The predicted molar refractivity (Wildman–Crippen MR) is 234 cm³/mol. The summed E-state index contributed by atoms with van der Waals surface area (Å²) in [5.74, 6) is 2.36. The summed E-state index contributed by atoms with van der Waals surface area (Å²) in [5, 5.41) is 8.58. The van der Waals surface area contributed by atoms with Crippen LogP contribution in [-0.4, -0.2) is 19.9 Å². The first-order chi connectivity index (χ1) is 28.7. The summed E-state index contributed by atoms with van der Waals surface area (Å²) in [6.07, 6.45) is 0. The molecule has 0 spiro atoms. The van der Waals surface area contributed by atoms with Crippen LogP contribution in [0.4, 0.5) is 0 Å². The van der Waals surface area contributed by atoms with Gasteiger partial charge >= 0.3 is 0 Å². The zero-order valence-electron chi connectivity index (χ0n) is 30.9. The molecule has 12 rings (SSSR count). The van der Waals surface area contributed by atoms with Crippen LogP contribution in [0.1, 0.15) is 0 Å². The maximum Gasteiger partial charge on any atom is 0.227 e. The van der Waals surface area contributed by atoms with Gasteiger partial charge in [-0.3, -0.25) is 0 Å². The van der Waals surface area contributed by atoms with Gasteiger partial charge in [-0.2, -0.15) is 0 Å². The second-order valence-corrected chi connectivity index (χ2v) is 14.6. The minimum Gasteiger partial charge on any atom is -0.456 e. The molecule has 0 atom stereocenters. The van der Waals surface area contributed by atoms with Crippen LogP contribution in [0.2, 0.25) is 0 Å². The van der Waals surface area contributed by atoms with E-state index in [1.807, 2.05) is 66.7 Å². The average Bonchev–Trinajstić information content (AvgIpc) is 3.91. The molecule has 0 saturated heterocycles. The van der Waals surface area contributed by atoms with Gasteiger partial charge in [0, 0.05) is 27.6 Å². The smallest absolute Gasteiger partial charge is 0.227 e. The first kappa shape index (κ1) is 32.3. The van der Waals surface area contributed by atoms with Crippen molar-refractivity contribution in [2.45, 2.75) is 0 Å². The second kappa shape index (κ2) is 12.8. The van der Waals surface area contributed by atoms with Crippen LogP contribution in [0.15, 0.2) is 191 Å². The summed E-state index contributed by atoms with van der Waals surface area (Å²) in [6.45, 7) is 0.